The number of hydrogen-bond donors (Lipinski definition) is 2. The van der Waals surface area contributed by atoms with Gasteiger partial charge in [0.2, 0.25) is 5.91 Å². The molecule has 5 heteroatoms. The van der Waals surface area contributed by atoms with E-state index >= 15 is 0 Å². The minimum Gasteiger partial charge on any atom is -0.478 e. The molecule has 2 rings (SSSR count). The molecular formula is C15H18FNO3. The van der Waals surface area contributed by atoms with E-state index in [9.17, 15) is 14.0 Å². The Morgan fingerprint density at radius 3 is 2.50 bits per heavy atom. The zero-order chi connectivity index (χ0) is 14.7. The molecule has 0 radical (unpaired) electrons. The van der Waals surface area contributed by atoms with Gasteiger partial charge in [-0.15, -0.1) is 0 Å². The number of carboxylic acid groups (broad SMARTS) is 1. The van der Waals surface area contributed by atoms with Crippen LogP contribution in [0.3, 0.4) is 0 Å². The summed E-state index contributed by atoms with van der Waals surface area (Å²) in [6.45, 7) is 2.16. The molecule has 1 aromatic rings. The predicted molar refractivity (Wildman–Crippen MR) is 73.1 cm³/mol. The van der Waals surface area contributed by atoms with Crippen molar-refractivity contribution in [3.8, 4) is 0 Å². The van der Waals surface area contributed by atoms with Crippen LogP contribution in [-0.4, -0.2) is 17.0 Å². The van der Waals surface area contributed by atoms with Crippen LogP contribution in [0.2, 0.25) is 0 Å². The average molecular weight is 279 g/mol. The van der Waals surface area contributed by atoms with Gasteiger partial charge in [-0.25, -0.2) is 9.18 Å². The van der Waals surface area contributed by atoms with Crippen LogP contribution in [0.15, 0.2) is 18.2 Å². The zero-order valence-corrected chi connectivity index (χ0v) is 11.4. The summed E-state index contributed by atoms with van der Waals surface area (Å²) in [7, 11) is 0. The smallest absolute Gasteiger partial charge is 0.337 e. The molecule has 0 unspecified atom stereocenters. The molecule has 0 aromatic heterocycles. The first-order chi connectivity index (χ1) is 9.47. The number of nitrogens with one attached hydrogen (secondary N) is 1. The van der Waals surface area contributed by atoms with Crippen LogP contribution in [-0.2, 0) is 4.79 Å². The molecule has 0 bridgehead atoms. The monoisotopic (exact) mass is 279 g/mol. The predicted octanol–water partition coefficient (Wildman–Crippen LogP) is 3.29. The molecule has 1 aliphatic carbocycles. The summed E-state index contributed by atoms with van der Waals surface area (Å²) >= 11 is 0. The summed E-state index contributed by atoms with van der Waals surface area (Å²) < 4.78 is 13.2. The maximum atomic E-state index is 13.2. The number of hydrogen-bond acceptors (Lipinski definition) is 2. The third-order valence-corrected chi connectivity index (χ3v) is 3.86. The number of aromatic carboxylic acids is 1. The number of carbonyl (C=O) groups excluding carboxylic acids is 1. The number of benzene rings is 1. The number of anilines is 1. The van der Waals surface area contributed by atoms with Crippen molar-refractivity contribution in [2.75, 3.05) is 5.32 Å². The Labute approximate surface area is 117 Å². The second kappa shape index (κ2) is 6.03. The van der Waals surface area contributed by atoms with E-state index in [0.29, 0.717) is 5.92 Å². The standard InChI is InChI=1S/C15H18FNO3/c1-9-2-4-10(5-3-9)14(18)17-13-8-11(16)6-7-12(13)15(19)20/h6-10H,2-5H2,1H3,(H,17,18)(H,19,20). The molecule has 0 atom stereocenters. The highest BCUT2D eigenvalue weighted by atomic mass is 19.1. The van der Waals surface area contributed by atoms with Crippen LogP contribution in [0.4, 0.5) is 10.1 Å². The lowest BCUT2D eigenvalue weighted by atomic mass is 9.82. The lowest BCUT2D eigenvalue weighted by Gasteiger charge is -2.25. The summed E-state index contributed by atoms with van der Waals surface area (Å²) in [4.78, 5) is 23.2. The van der Waals surface area contributed by atoms with E-state index in [4.69, 9.17) is 5.11 Å². The SMILES string of the molecule is CC1CCC(C(=O)Nc2cc(F)ccc2C(=O)O)CC1. The molecule has 2 N–H and O–H groups in total. The van der Waals surface area contributed by atoms with E-state index in [-0.39, 0.29) is 23.1 Å². The first kappa shape index (κ1) is 14.5. The number of halogens is 1. The van der Waals surface area contributed by atoms with Crippen LogP contribution >= 0.6 is 0 Å². The Hall–Kier alpha value is -1.91. The first-order valence-corrected chi connectivity index (χ1v) is 6.81. The van der Waals surface area contributed by atoms with E-state index < -0.39 is 11.8 Å². The highest BCUT2D eigenvalue weighted by Crippen LogP contribution is 2.29. The molecule has 1 amide bonds. The Morgan fingerprint density at radius 1 is 1.25 bits per heavy atom. The Morgan fingerprint density at radius 2 is 1.90 bits per heavy atom. The van der Waals surface area contributed by atoms with Gasteiger partial charge in [-0.05, 0) is 49.8 Å². The molecule has 0 saturated heterocycles. The summed E-state index contributed by atoms with van der Waals surface area (Å²) in [6.07, 6.45) is 3.58. The average Bonchev–Trinajstić information content (AvgIpc) is 2.39. The van der Waals surface area contributed by atoms with Crippen molar-refractivity contribution in [3.63, 3.8) is 0 Å². The number of amides is 1. The Kier molecular flexibility index (Phi) is 4.37. The topological polar surface area (TPSA) is 66.4 Å². The van der Waals surface area contributed by atoms with Gasteiger partial charge in [0, 0.05) is 5.92 Å². The van der Waals surface area contributed by atoms with Crippen molar-refractivity contribution in [2.45, 2.75) is 32.6 Å². The summed E-state index contributed by atoms with van der Waals surface area (Å²) in [5.74, 6) is -1.45. The van der Waals surface area contributed by atoms with Crippen molar-refractivity contribution < 1.29 is 19.1 Å². The van der Waals surface area contributed by atoms with Crippen LogP contribution in [0, 0.1) is 17.7 Å². The third kappa shape index (κ3) is 3.35. The van der Waals surface area contributed by atoms with Crippen molar-refractivity contribution in [1.29, 1.82) is 0 Å². The maximum Gasteiger partial charge on any atom is 0.337 e. The van der Waals surface area contributed by atoms with E-state index in [0.717, 1.165) is 43.9 Å². The van der Waals surface area contributed by atoms with Gasteiger partial charge < -0.3 is 10.4 Å². The normalized spacial score (nSPS) is 22.3. The largest absolute Gasteiger partial charge is 0.478 e. The molecule has 0 heterocycles. The van der Waals surface area contributed by atoms with Crippen molar-refractivity contribution in [1.82, 2.24) is 0 Å². The molecule has 4 nitrogen and oxygen atoms in total. The van der Waals surface area contributed by atoms with E-state index in [1.165, 1.54) is 0 Å². The van der Waals surface area contributed by atoms with Gasteiger partial charge in [-0.2, -0.15) is 0 Å². The highest BCUT2D eigenvalue weighted by molar-refractivity contribution is 6.01. The highest BCUT2D eigenvalue weighted by Gasteiger charge is 2.25. The molecule has 0 spiro atoms. The quantitative estimate of drug-likeness (QED) is 0.892. The molecular weight excluding hydrogens is 261 g/mol. The second-order valence-corrected chi connectivity index (χ2v) is 5.44. The van der Waals surface area contributed by atoms with Crippen molar-refractivity contribution in [3.05, 3.63) is 29.6 Å². The number of rotatable bonds is 3. The molecule has 1 aromatic carbocycles. The van der Waals surface area contributed by atoms with E-state index in [1.807, 2.05) is 0 Å². The van der Waals surface area contributed by atoms with Gasteiger partial charge in [-0.3, -0.25) is 4.79 Å². The molecule has 1 fully saturated rings. The van der Waals surface area contributed by atoms with Gasteiger partial charge >= 0.3 is 5.97 Å². The second-order valence-electron chi connectivity index (χ2n) is 5.44. The van der Waals surface area contributed by atoms with Crippen molar-refractivity contribution in [2.24, 2.45) is 11.8 Å². The van der Waals surface area contributed by atoms with Crippen LogP contribution < -0.4 is 5.32 Å². The fourth-order valence-corrected chi connectivity index (χ4v) is 2.56. The minimum absolute atomic E-state index is 0.0288. The van der Waals surface area contributed by atoms with Gasteiger partial charge in [0.15, 0.2) is 0 Å². The van der Waals surface area contributed by atoms with Gasteiger partial charge in [-0.1, -0.05) is 6.92 Å². The molecule has 0 aliphatic heterocycles. The van der Waals surface area contributed by atoms with Crippen LogP contribution in [0.1, 0.15) is 43.0 Å². The summed E-state index contributed by atoms with van der Waals surface area (Å²) in [5, 5.41) is 11.6. The van der Waals surface area contributed by atoms with Crippen molar-refractivity contribution >= 4 is 17.6 Å². The van der Waals surface area contributed by atoms with Crippen LogP contribution in [0.5, 0.6) is 0 Å². The minimum atomic E-state index is -1.18. The first-order valence-electron chi connectivity index (χ1n) is 6.81. The maximum absolute atomic E-state index is 13.2. The molecule has 1 saturated carbocycles. The summed E-state index contributed by atoms with van der Waals surface area (Å²) in [6, 6.07) is 3.28. The lowest BCUT2D eigenvalue weighted by Crippen LogP contribution is -2.27. The fourth-order valence-electron chi connectivity index (χ4n) is 2.56. The Balaban J connectivity index is 2.11. The summed E-state index contributed by atoms with van der Waals surface area (Å²) in [5.41, 5.74) is -0.0648. The third-order valence-electron chi connectivity index (χ3n) is 3.86. The van der Waals surface area contributed by atoms with Gasteiger partial charge in [0.05, 0.1) is 11.3 Å². The molecule has 20 heavy (non-hydrogen) atoms. The zero-order valence-electron chi connectivity index (χ0n) is 11.4. The van der Waals surface area contributed by atoms with Gasteiger partial charge in [0.1, 0.15) is 5.82 Å². The fraction of sp³-hybridized carbons (Fsp3) is 0.467. The van der Waals surface area contributed by atoms with Crippen LogP contribution in [0.25, 0.3) is 0 Å². The molecule has 1 aliphatic rings. The Bertz CT molecular complexity index is 522. The number of carbonyl (C=O) groups is 2. The lowest BCUT2D eigenvalue weighted by molar-refractivity contribution is -0.121. The van der Waals surface area contributed by atoms with E-state index in [1.54, 1.807) is 0 Å². The molecule has 108 valence electrons. The van der Waals surface area contributed by atoms with Gasteiger partial charge in [0.25, 0.3) is 0 Å². The number of carboxylic acids is 1. The van der Waals surface area contributed by atoms with E-state index in [2.05, 4.69) is 12.2 Å².